The Morgan fingerprint density at radius 2 is 1.93 bits per heavy atom. The number of para-hydroxylation sites is 1. The lowest BCUT2D eigenvalue weighted by Crippen LogP contribution is -2.58. The van der Waals surface area contributed by atoms with E-state index in [4.69, 9.17) is 0 Å². The Labute approximate surface area is 164 Å². The molecule has 4 atom stereocenters. The van der Waals surface area contributed by atoms with E-state index >= 15 is 0 Å². The summed E-state index contributed by atoms with van der Waals surface area (Å²) in [6.45, 7) is 7.84. The van der Waals surface area contributed by atoms with Crippen LogP contribution in [-0.4, -0.2) is 72.1 Å². The molecule has 1 aromatic heterocycles. The van der Waals surface area contributed by atoms with Crippen molar-refractivity contribution >= 4 is 11.5 Å². The van der Waals surface area contributed by atoms with E-state index < -0.39 is 0 Å². The number of phenolic OH excluding ortho intramolecular Hbond substituents is 1. The second-order valence-electron chi connectivity index (χ2n) is 8.62. The molecule has 3 N–H and O–H groups in total. The summed E-state index contributed by atoms with van der Waals surface area (Å²) >= 11 is 0. The van der Waals surface area contributed by atoms with Gasteiger partial charge in [-0.15, -0.1) is 10.2 Å². The maximum absolute atomic E-state index is 10.2. The van der Waals surface area contributed by atoms with Gasteiger partial charge in [0, 0.05) is 38.3 Å². The van der Waals surface area contributed by atoms with E-state index in [2.05, 4.69) is 36.7 Å². The van der Waals surface area contributed by atoms with Gasteiger partial charge in [-0.1, -0.05) is 12.1 Å². The molecule has 1 unspecified atom stereocenters. The van der Waals surface area contributed by atoms with Crippen LogP contribution in [0.2, 0.25) is 0 Å². The van der Waals surface area contributed by atoms with E-state index in [1.165, 1.54) is 19.6 Å². The van der Waals surface area contributed by atoms with Gasteiger partial charge >= 0.3 is 0 Å². The van der Waals surface area contributed by atoms with Crippen LogP contribution in [0.15, 0.2) is 30.3 Å². The zero-order chi connectivity index (χ0) is 18.7. The summed E-state index contributed by atoms with van der Waals surface area (Å²) in [5.74, 6) is 3.87. The van der Waals surface area contributed by atoms with Crippen molar-refractivity contribution in [1.29, 1.82) is 0 Å². The second-order valence-corrected chi connectivity index (χ2v) is 8.62. The first-order valence-electron chi connectivity index (χ1n) is 10.4. The van der Waals surface area contributed by atoms with Crippen LogP contribution >= 0.6 is 0 Å². The summed E-state index contributed by atoms with van der Waals surface area (Å²) < 4.78 is 0. The molecule has 0 amide bonds. The normalized spacial score (nSPS) is 30.9. The minimum Gasteiger partial charge on any atom is -0.507 e. The fraction of sp³-hybridized carbons (Fsp3) is 0.524. The lowest BCUT2D eigenvalue weighted by atomic mass is 10.1. The molecule has 4 heterocycles. The Bertz CT molecular complexity index is 894. The van der Waals surface area contributed by atoms with E-state index in [0.717, 1.165) is 66.7 Å². The largest absolute Gasteiger partial charge is 0.507 e. The molecule has 0 spiro atoms. The molecule has 7 heteroatoms. The number of aromatic hydroxyl groups is 1. The Hall–Kier alpha value is -2.38. The van der Waals surface area contributed by atoms with E-state index in [1.807, 2.05) is 18.2 Å². The monoisotopic (exact) mass is 378 g/mol. The molecule has 6 rings (SSSR count). The topological polar surface area (TPSA) is 76.5 Å². The van der Waals surface area contributed by atoms with Crippen LogP contribution in [-0.2, 0) is 0 Å². The number of rotatable bonds is 3. The number of anilines is 2. The van der Waals surface area contributed by atoms with Crippen LogP contribution in [0.4, 0.5) is 11.5 Å². The van der Waals surface area contributed by atoms with Crippen molar-refractivity contribution < 1.29 is 5.11 Å². The van der Waals surface area contributed by atoms with Gasteiger partial charge < -0.3 is 20.6 Å². The molecule has 1 saturated carbocycles. The van der Waals surface area contributed by atoms with E-state index in [0.29, 0.717) is 6.04 Å². The van der Waals surface area contributed by atoms with Gasteiger partial charge in [-0.2, -0.15) is 0 Å². The number of nitrogens with one attached hydrogen (secondary N) is 2. The number of hydrogen-bond donors (Lipinski definition) is 3. The predicted octanol–water partition coefficient (Wildman–Crippen LogP) is 1.23. The maximum atomic E-state index is 10.2. The molecule has 7 nitrogen and oxygen atoms in total. The van der Waals surface area contributed by atoms with Gasteiger partial charge in [0.15, 0.2) is 5.82 Å². The summed E-state index contributed by atoms with van der Waals surface area (Å²) in [6, 6.07) is 9.85. The van der Waals surface area contributed by atoms with Crippen molar-refractivity contribution in [3.8, 4) is 17.0 Å². The molecule has 2 saturated heterocycles. The third kappa shape index (κ3) is 2.64. The Morgan fingerprint density at radius 3 is 2.79 bits per heavy atom. The lowest BCUT2D eigenvalue weighted by Gasteiger charge is -2.46. The van der Waals surface area contributed by atoms with Gasteiger partial charge in [0.2, 0.25) is 0 Å². The van der Waals surface area contributed by atoms with Crippen molar-refractivity contribution in [1.82, 2.24) is 20.4 Å². The number of piperidine rings is 1. The zero-order valence-electron chi connectivity index (χ0n) is 15.9. The fourth-order valence-corrected chi connectivity index (χ4v) is 5.46. The SMILES string of the molecule is Oc1ccccc1-c1cc2c(nn1)NC[C@H]1CN(CC3[C@H]4CNC[C@@H]34)CCN21. The fourth-order valence-electron chi connectivity index (χ4n) is 5.46. The molecule has 1 aliphatic carbocycles. The molecule has 1 aromatic carbocycles. The molecule has 3 aliphatic heterocycles. The quantitative estimate of drug-likeness (QED) is 0.742. The first-order valence-corrected chi connectivity index (χ1v) is 10.4. The molecule has 2 aromatic rings. The van der Waals surface area contributed by atoms with Gasteiger partial charge in [0.25, 0.3) is 0 Å². The highest BCUT2D eigenvalue weighted by molar-refractivity contribution is 5.76. The summed E-state index contributed by atoms with van der Waals surface area (Å²) in [6.07, 6.45) is 0. The van der Waals surface area contributed by atoms with Crippen LogP contribution in [0.5, 0.6) is 5.75 Å². The van der Waals surface area contributed by atoms with Crippen molar-refractivity contribution in [2.24, 2.45) is 17.8 Å². The van der Waals surface area contributed by atoms with Crippen molar-refractivity contribution in [3.05, 3.63) is 30.3 Å². The molecule has 4 aliphatic rings. The van der Waals surface area contributed by atoms with Crippen LogP contribution < -0.4 is 15.5 Å². The predicted molar refractivity (Wildman–Crippen MR) is 109 cm³/mol. The highest BCUT2D eigenvalue weighted by Crippen LogP contribution is 2.49. The molecule has 0 bridgehead atoms. The Morgan fingerprint density at radius 1 is 1.07 bits per heavy atom. The summed E-state index contributed by atoms with van der Waals surface area (Å²) in [4.78, 5) is 5.14. The molecule has 0 radical (unpaired) electrons. The molecular formula is C21H26N6O. The molecule has 3 fully saturated rings. The average Bonchev–Trinajstić information content (AvgIpc) is 3.13. The highest BCUT2D eigenvalue weighted by atomic mass is 16.3. The average molecular weight is 378 g/mol. The number of piperazine rings is 1. The van der Waals surface area contributed by atoms with Crippen LogP contribution in [0.25, 0.3) is 11.3 Å². The smallest absolute Gasteiger partial charge is 0.172 e. The van der Waals surface area contributed by atoms with Crippen LogP contribution in [0.1, 0.15) is 0 Å². The number of benzene rings is 1. The third-order valence-electron chi connectivity index (χ3n) is 7.07. The van der Waals surface area contributed by atoms with Crippen molar-refractivity contribution in [2.75, 3.05) is 56.0 Å². The number of fused-ring (bicyclic) bond motifs is 4. The van der Waals surface area contributed by atoms with Gasteiger partial charge in [0.1, 0.15) is 5.75 Å². The summed E-state index contributed by atoms with van der Waals surface area (Å²) in [5, 5.41) is 25.9. The number of nitrogens with zero attached hydrogens (tertiary/aromatic N) is 4. The number of phenols is 1. The summed E-state index contributed by atoms with van der Waals surface area (Å²) in [5.41, 5.74) is 2.56. The van der Waals surface area contributed by atoms with Crippen molar-refractivity contribution in [2.45, 2.75) is 6.04 Å². The minimum atomic E-state index is 0.242. The highest BCUT2D eigenvalue weighted by Gasteiger charge is 2.53. The molecular weight excluding hydrogens is 352 g/mol. The van der Waals surface area contributed by atoms with Gasteiger partial charge in [-0.3, -0.25) is 4.90 Å². The van der Waals surface area contributed by atoms with Crippen molar-refractivity contribution in [3.63, 3.8) is 0 Å². The molecule has 28 heavy (non-hydrogen) atoms. The Balaban J connectivity index is 1.21. The van der Waals surface area contributed by atoms with Gasteiger partial charge in [-0.05, 0) is 49.0 Å². The standard InChI is InChI=1S/C21H26N6O/c28-20-4-2-1-3-14(20)18-7-19-21(25-24-18)23-8-13-11-26(5-6-27(13)19)12-17-15-9-22-10-16(15)17/h1-4,7,13,15-17,22,28H,5-6,8-12H2,(H,23,25)/t13-,15-,16+,17?/m0/s1. The summed E-state index contributed by atoms with van der Waals surface area (Å²) in [7, 11) is 0. The lowest BCUT2D eigenvalue weighted by molar-refractivity contribution is 0.208. The zero-order valence-corrected chi connectivity index (χ0v) is 15.9. The third-order valence-corrected chi connectivity index (χ3v) is 7.07. The second kappa shape index (κ2) is 6.32. The van der Waals surface area contributed by atoms with Crippen LogP contribution in [0.3, 0.4) is 0 Å². The Kier molecular flexibility index (Phi) is 3.74. The van der Waals surface area contributed by atoms with Crippen LogP contribution in [0, 0.1) is 17.8 Å². The van der Waals surface area contributed by atoms with E-state index in [1.54, 1.807) is 6.07 Å². The van der Waals surface area contributed by atoms with E-state index in [9.17, 15) is 5.11 Å². The number of hydrogen-bond acceptors (Lipinski definition) is 7. The van der Waals surface area contributed by atoms with E-state index in [-0.39, 0.29) is 5.75 Å². The molecule has 146 valence electrons. The van der Waals surface area contributed by atoms with Gasteiger partial charge in [0.05, 0.1) is 17.4 Å². The maximum Gasteiger partial charge on any atom is 0.172 e. The first-order chi connectivity index (χ1) is 13.8. The number of aromatic nitrogens is 2. The van der Waals surface area contributed by atoms with Gasteiger partial charge in [-0.25, -0.2) is 0 Å². The first kappa shape index (κ1) is 16.6. The minimum absolute atomic E-state index is 0.242.